The topological polar surface area (TPSA) is 83.5 Å². The van der Waals surface area contributed by atoms with Crippen LogP contribution in [0.2, 0.25) is 0 Å². The van der Waals surface area contributed by atoms with Crippen LogP contribution in [0.15, 0.2) is 36.4 Å². The van der Waals surface area contributed by atoms with Gasteiger partial charge in [0.25, 0.3) is 0 Å². The zero-order chi connectivity index (χ0) is 21.2. The standard InChI is InChI=1S/C22H26O7/c1-25-18-9-7-15(12-19(18)29-11-5-10-23)6-8-17(24)16-13-20(26-2)22(28-4)21(14-16)27-3/h6-9,12-14,23H,5,10-11H2,1-4H3/b8-6+. The Kier molecular flexibility index (Phi) is 8.36. The molecule has 7 nitrogen and oxygen atoms in total. The first-order valence-corrected chi connectivity index (χ1v) is 9.02. The van der Waals surface area contributed by atoms with E-state index in [1.807, 2.05) is 6.07 Å². The average molecular weight is 402 g/mol. The van der Waals surface area contributed by atoms with Gasteiger partial charge in [-0.05, 0) is 35.9 Å². The molecule has 29 heavy (non-hydrogen) atoms. The Bertz CT molecular complexity index is 833. The predicted molar refractivity (Wildman–Crippen MR) is 110 cm³/mol. The second-order valence-corrected chi connectivity index (χ2v) is 5.95. The zero-order valence-corrected chi connectivity index (χ0v) is 17.1. The van der Waals surface area contributed by atoms with E-state index in [1.54, 1.807) is 37.5 Å². The molecule has 0 heterocycles. The van der Waals surface area contributed by atoms with Crippen LogP contribution in [0, 0.1) is 0 Å². The van der Waals surface area contributed by atoms with Crippen molar-refractivity contribution in [2.75, 3.05) is 41.7 Å². The summed E-state index contributed by atoms with van der Waals surface area (Å²) in [5.41, 5.74) is 1.18. The van der Waals surface area contributed by atoms with Gasteiger partial charge in [0.05, 0.1) is 35.0 Å². The van der Waals surface area contributed by atoms with Crippen molar-refractivity contribution in [1.29, 1.82) is 0 Å². The van der Waals surface area contributed by atoms with Gasteiger partial charge in [-0.25, -0.2) is 0 Å². The van der Waals surface area contributed by atoms with Crippen LogP contribution in [0.5, 0.6) is 28.7 Å². The first kappa shape index (κ1) is 22.1. The quantitative estimate of drug-likeness (QED) is 0.350. The SMILES string of the molecule is COc1ccc(/C=C/C(=O)c2cc(OC)c(OC)c(OC)c2)cc1OCCCO. The lowest BCUT2D eigenvalue weighted by Crippen LogP contribution is -2.01. The summed E-state index contributed by atoms with van der Waals surface area (Å²) >= 11 is 0. The first-order chi connectivity index (χ1) is 14.1. The summed E-state index contributed by atoms with van der Waals surface area (Å²) in [6, 6.07) is 8.56. The van der Waals surface area contributed by atoms with Crippen LogP contribution in [0.25, 0.3) is 6.08 Å². The molecule has 7 heteroatoms. The fraction of sp³-hybridized carbons (Fsp3) is 0.318. The van der Waals surface area contributed by atoms with E-state index in [-0.39, 0.29) is 12.4 Å². The maximum Gasteiger partial charge on any atom is 0.203 e. The minimum absolute atomic E-state index is 0.0468. The van der Waals surface area contributed by atoms with Crippen LogP contribution >= 0.6 is 0 Å². The molecule has 0 saturated carbocycles. The number of aliphatic hydroxyl groups is 1. The molecule has 2 rings (SSSR count). The summed E-state index contributed by atoms with van der Waals surface area (Å²) in [5, 5.41) is 8.90. The molecule has 0 radical (unpaired) electrons. The van der Waals surface area contributed by atoms with Gasteiger partial charge in [0.2, 0.25) is 5.75 Å². The van der Waals surface area contributed by atoms with E-state index in [0.29, 0.717) is 47.3 Å². The number of hydrogen-bond acceptors (Lipinski definition) is 7. The third-order valence-corrected chi connectivity index (χ3v) is 4.12. The highest BCUT2D eigenvalue weighted by molar-refractivity contribution is 6.07. The van der Waals surface area contributed by atoms with E-state index < -0.39 is 0 Å². The Morgan fingerprint density at radius 3 is 2.10 bits per heavy atom. The van der Waals surface area contributed by atoms with E-state index >= 15 is 0 Å². The summed E-state index contributed by atoms with van der Waals surface area (Å²) < 4.78 is 26.8. The molecule has 156 valence electrons. The number of rotatable bonds is 11. The summed E-state index contributed by atoms with van der Waals surface area (Å²) in [6.07, 6.45) is 3.66. The van der Waals surface area contributed by atoms with Crippen molar-refractivity contribution in [3.8, 4) is 28.7 Å². The maximum atomic E-state index is 12.7. The number of methoxy groups -OCH3 is 4. The molecule has 0 spiro atoms. The number of hydrogen-bond donors (Lipinski definition) is 1. The van der Waals surface area contributed by atoms with E-state index in [1.165, 1.54) is 27.4 Å². The first-order valence-electron chi connectivity index (χ1n) is 9.02. The van der Waals surface area contributed by atoms with Crippen LogP contribution in [0.1, 0.15) is 22.3 Å². The van der Waals surface area contributed by atoms with Crippen molar-refractivity contribution in [3.63, 3.8) is 0 Å². The molecule has 2 aromatic rings. The number of carbonyl (C=O) groups is 1. The van der Waals surface area contributed by atoms with Crippen LogP contribution < -0.4 is 23.7 Å². The minimum Gasteiger partial charge on any atom is -0.493 e. The fourth-order valence-corrected chi connectivity index (χ4v) is 2.65. The molecule has 0 amide bonds. The molecule has 0 aliphatic heterocycles. The molecular formula is C22H26O7. The molecule has 2 aromatic carbocycles. The third-order valence-electron chi connectivity index (χ3n) is 4.12. The highest BCUT2D eigenvalue weighted by Gasteiger charge is 2.15. The maximum absolute atomic E-state index is 12.7. The van der Waals surface area contributed by atoms with Crippen molar-refractivity contribution in [2.45, 2.75) is 6.42 Å². The predicted octanol–water partition coefficient (Wildman–Crippen LogP) is 3.38. The number of carbonyl (C=O) groups excluding carboxylic acids is 1. The van der Waals surface area contributed by atoms with Gasteiger partial charge in [-0.3, -0.25) is 4.79 Å². The van der Waals surface area contributed by atoms with Gasteiger partial charge in [0.15, 0.2) is 28.8 Å². The Hall–Kier alpha value is -3.19. The zero-order valence-electron chi connectivity index (χ0n) is 17.1. The Labute approximate surface area is 170 Å². The number of ketones is 1. The van der Waals surface area contributed by atoms with Crippen molar-refractivity contribution in [1.82, 2.24) is 0 Å². The lowest BCUT2D eigenvalue weighted by atomic mass is 10.1. The largest absolute Gasteiger partial charge is 0.493 e. The monoisotopic (exact) mass is 402 g/mol. The fourth-order valence-electron chi connectivity index (χ4n) is 2.65. The molecular weight excluding hydrogens is 376 g/mol. The highest BCUT2D eigenvalue weighted by atomic mass is 16.5. The Morgan fingerprint density at radius 1 is 0.897 bits per heavy atom. The molecule has 1 N–H and O–H groups in total. The number of benzene rings is 2. The van der Waals surface area contributed by atoms with Crippen molar-refractivity contribution in [3.05, 3.63) is 47.5 Å². The second-order valence-electron chi connectivity index (χ2n) is 5.95. The normalized spacial score (nSPS) is 10.7. The number of aliphatic hydroxyl groups excluding tert-OH is 1. The van der Waals surface area contributed by atoms with Crippen LogP contribution in [-0.4, -0.2) is 52.5 Å². The summed E-state index contributed by atoms with van der Waals surface area (Å²) in [5.74, 6) is 2.15. The third kappa shape index (κ3) is 5.65. The van der Waals surface area contributed by atoms with Gasteiger partial charge in [-0.2, -0.15) is 0 Å². The van der Waals surface area contributed by atoms with E-state index in [2.05, 4.69) is 0 Å². The molecule has 0 saturated heterocycles. The van der Waals surface area contributed by atoms with E-state index in [9.17, 15) is 4.79 Å². The molecule has 0 unspecified atom stereocenters. The van der Waals surface area contributed by atoms with Gasteiger partial charge < -0.3 is 28.8 Å². The number of ether oxygens (including phenoxy) is 5. The molecule has 0 bridgehead atoms. The smallest absolute Gasteiger partial charge is 0.203 e. The van der Waals surface area contributed by atoms with Crippen LogP contribution in [0.4, 0.5) is 0 Å². The lowest BCUT2D eigenvalue weighted by Gasteiger charge is -2.13. The molecule has 0 fully saturated rings. The molecule has 0 atom stereocenters. The average Bonchev–Trinajstić information content (AvgIpc) is 2.76. The summed E-state index contributed by atoms with van der Waals surface area (Å²) in [6.45, 7) is 0.412. The highest BCUT2D eigenvalue weighted by Crippen LogP contribution is 2.38. The van der Waals surface area contributed by atoms with Gasteiger partial charge >= 0.3 is 0 Å². The Morgan fingerprint density at radius 2 is 1.55 bits per heavy atom. The van der Waals surface area contributed by atoms with Crippen LogP contribution in [-0.2, 0) is 0 Å². The molecule has 0 aliphatic carbocycles. The van der Waals surface area contributed by atoms with Crippen molar-refractivity contribution < 1.29 is 33.6 Å². The number of allylic oxidation sites excluding steroid dienone is 1. The molecule has 0 aromatic heterocycles. The summed E-state index contributed by atoms with van der Waals surface area (Å²) in [7, 11) is 6.05. The van der Waals surface area contributed by atoms with Gasteiger partial charge in [-0.1, -0.05) is 12.1 Å². The van der Waals surface area contributed by atoms with Gasteiger partial charge in [0.1, 0.15) is 0 Å². The summed E-state index contributed by atoms with van der Waals surface area (Å²) in [4.78, 5) is 12.7. The molecule has 0 aliphatic rings. The lowest BCUT2D eigenvalue weighted by molar-refractivity contribution is 0.104. The van der Waals surface area contributed by atoms with E-state index in [4.69, 9.17) is 28.8 Å². The van der Waals surface area contributed by atoms with Crippen molar-refractivity contribution in [2.24, 2.45) is 0 Å². The van der Waals surface area contributed by atoms with Crippen molar-refractivity contribution >= 4 is 11.9 Å². The van der Waals surface area contributed by atoms with Gasteiger partial charge in [0, 0.05) is 18.6 Å². The Balaban J connectivity index is 2.25. The second kappa shape index (κ2) is 11.0. The minimum atomic E-state index is -0.220. The van der Waals surface area contributed by atoms with Crippen LogP contribution in [0.3, 0.4) is 0 Å². The van der Waals surface area contributed by atoms with Gasteiger partial charge in [-0.15, -0.1) is 0 Å². The van der Waals surface area contributed by atoms with E-state index in [0.717, 1.165) is 5.56 Å².